The van der Waals surface area contributed by atoms with Gasteiger partial charge in [0, 0.05) is 0 Å². The minimum atomic E-state index is -0.965. The van der Waals surface area contributed by atoms with Gasteiger partial charge in [0.05, 0.1) is 11.0 Å². The van der Waals surface area contributed by atoms with Gasteiger partial charge >= 0.3 is 0 Å². The van der Waals surface area contributed by atoms with Crippen molar-refractivity contribution in [2.24, 2.45) is 5.73 Å². The molecule has 1 aromatic carbocycles. The number of primary amides is 1. The molecular formula is C11H12FN3OS. The maximum Gasteiger partial charge on any atom is 0.243 e. The number of nitrogens with two attached hydrogens (primary N) is 1. The summed E-state index contributed by atoms with van der Waals surface area (Å²) >= 11 is 5.14. The van der Waals surface area contributed by atoms with Gasteiger partial charge in [-0.15, -0.1) is 0 Å². The molecule has 2 aromatic rings. The number of aromatic nitrogens is 2. The molecule has 0 saturated carbocycles. The zero-order valence-corrected chi connectivity index (χ0v) is 10.3. The van der Waals surface area contributed by atoms with Crippen LogP contribution in [0.25, 0.3) is 11.0 Å². The number of rotatable bonds is 2. The summed E-state index contributed by atoms with van der Waals surface area (Å²) in [4.78, 5) is 14.3. The number of carbonyl (C=O) groups is 1. The summed E-state index contributed by atoms with van der Waals surface area (Å²) in [7, 11) is 0. The maximum atomic E-state index is 13.1. The summed E-state index contributed by atoms with van der Waals surface area (Å²) in [6, 6.07) is 4.22. The summed E-state index contributed by atoms with van der Waals surface area (Å²) < 4.78 is 15.0. The highest BCUT2D eigenvalue weighted by Crippen LogP contribution is 2.23. The largest absolute Gasteiger partial charge is 0.368 e. The fourth-order valence-electron chi connectivity index (χ4n) is 1.75. The van der Waals surface area contributed by atoms with Crippen molar-refractivity contribution in [1.82, 2.24) is 9.55 Å². The number of H-pyrrole nitrogens is 1. The molecule has 1 aromatic heterocycles. The predicted octanol–water partition coefficient (Wildman–Crippen LogP) is 2.06. The number of nitrogens with one attached hydrogen (secondary N) is 1. The van der Waals surface area contributed by atoms with Gasteiger partial charge in [-0.05, 0) is 44.3 Å². The predicted molar refractivity (Wildman–Crippen MR) is 65.6 cm³/mol. The molecule has 0 fully saturated rings. The molecule has 90 valence electrons. The molecule has 2 rings (SSSR count). The van der Waals surface area contributed by atoms with Gasteiger partial charge in [-0.2, -0.15) is 0 Å². The van der Waals surface area contributed by atoms with Crippen LogP contribution in [-0.2, 0) is 10.3 Å². The van der Waals surface area contributed by atoms with Crippen LogP contribution in [0, 0.1) is 10.6 Å². The van der Waals surface area contributed by atoms with Crippen LogP contribution in [0.2, 0.25) is 0 Å². The first-order chi connectivity index (χ1) is 7.84. The third kappa shape index (κ3) is 1.74. The van der Waals surface area contributed by atoms with Gasteiger partial charge in [0.15, 0.2) is 4.77 Å². The van der Waals surface area contributed by atoms with E-state index in [9.17, 15) is 9.18 Å². The molecule has 0 unspecified atom stereocenters. The first-order valence-electron chi connectivity index (χ1n) is 5.04. The topological polar surface area (TPSA) is 63.8 Å². The number of carbonyl (C=O) groups excluding carboxylic acids is 1. The van der Waals surface area contributed by atoms with Crippen LogP contribution in [0.1, 0.15) is 13.8 Å². The van der Waals surface area contributed by atoms with E-state index in [0.29, 0.717) is 15.8 Å². The maximum absolute atomic E-state index is 13.1. The van der Waals surface area contributed by atoms with E-state index in [2.05, 4.69) is 4.98 Å². The summed E-state index contributed by atoms with van der Waals surface area (Å²) in [5, 5.41) is 0. The Hall–Kier alpha value is -1.69. The molecule has 0 aliphatic rings. The smallest absolute Gasteiger partial charge is 0.243 e. The highest BCUT2D eigenvalue weighted by atomic mass is 32.1. The number of hydrogen-bond donors (Lipinski definition) is 2. The first kappa shape index (κ1) is 11.8. The Morgan fingerprint density at radius 3 is 2.76 bits per heavy atom. The standard InChI is InChI=1S/C11H12FN3OS/c1-11(2,9(13)16)15-8-4-3-6(12)5-7(8)14-10(15)17/h3-5H,1-2H3,(H2,13,16)(H,14,17). The van der Waals surface area contributed by atoms with Gasteiger partial charge in [-0.3, -0.25) is 4.79 Å². The summed E-state index contributed by atoms with van der Waals surface area (Å²) in [6.45, 7) is 3.34. The molecular weight excluding hydrogens is 241 g/mol. The normalized spacial score (nSPS) is 11.9. The Morgan fingerprint density at radius 2 is 2.18 bits per heavy atom. The monoisotopic (exact) mass is 253 g/mol. The van der Waals surface area contributed by atoms with Crippen LogP contribution in [0.3, 0.4) is 0 Å². The van der Waals surface area contributed by atoms with Crippen LogP contribution in [0.5, 0.6) is 0 Å². The van der Waals surface area contributed by atoms with Crippen LogP contribution in [-0.4, -0.2) is 15.5 Å². The Balaban J connectivity index is 2.83. The number of halogens is 1. The van der Waals surface area contributed by atoms with Crippen molar-refractivity contribution in [3.05, 3.63) is 28.8 Å². The second-order valence-electron chi connectivity index (χ2n) is 4.35. The molecule has 0 radical (unpaired) electrons. The lowest BCUT2D eigenvalue weighted by atomic mass is 10.0. The second kappa shape index (κ2) is 3.66. The van der Waals surface area contributed by atoms with Crippen LogP contribution in [0.4, 0.5) is 4.39 Å². The molecule has 0 spiro atoms. The van der Waals surface area contributed by atoms with Crippen molar-refractivity contribution >= 4 is 29.2 Å². The fraction of sp³-hybridized carbons (Fsp3) is 0.273. The Labute approximate surface area is 102 Å². The number of hydrogen-bond acceptors (Lipinski definition) is 2. The number of aromatic amines is 1. The van der Waals surface area contributed by atoms with Crippen molar-refractivity contribution < 1.29 is 9.18 Å². The van der Waals surface area contributed by atoms with E-state index in [-0.39, 0.29) is 5.82 Å². The molecule has 6 heteroatoms. The molecule has 0 atom stereocenters. The van der Waals surface area contributed by atoms with Gasteiger partial charge in [0.25, 0.3) is 0 Å². The van der Waals surface area contributed by atoms with Crippen molar-refractivity contribution in [2.45, 2.75) is 19.4 Å². The molecule has 4 nitrogen and oxygen atoms in total. The van der Waals surface area contributed by atoms with E-state index < -0.39 is 11.4 Å². The van der Waals surface area contributed by atoms with Gasteiger partial charge in [0.1, 0.15) is 11.4 Å². The number of benzene rings is 1. The summed E-state index contributed by atoms with van der Waals surface area (Å²) in [5.41, 5.74) is 5.59. The van der Waals surface area contributed by atoms with E-state index in [4.69, 9.17) is 18.0 Å². The summed E-state index contributed by atoms with van der Waals surface area (Å²) in [6.07, 6.45) is 0. The van der Waals surface area contributed by atoms with Gasteiger partial charge in [-0.25, -0.2) is 4.39 Å². The Kier molecular flexibility index (Phi) is 2.54. The van der Waals surface area contributed by atoms with E-state index in [1.807, 2.05) is 0 Å². The van der Waals surface area contributed by atoms with Gasteiger partial charge in [0.2, 0.25) is 5.91 Å². The molecule has 1 amide bonds. The zero-order valence-electron chi connectivity index (χ0n) is 9.45. The van der Waals surface area contributed by atoms with E-state index in [0.717, 1.165) is 0 Å². The quantitative estimate of drug-likeness (QED) is 0.805. The third-order valence-electron chi connectivity index (χ3n) is 2.81. The number of amides is 1. The highest BCUT2D eigenvalue weighted by molar-refractivity contribution is 7.71. The Bertz CT molecular complexity index is 656. The van der Waals surface area contributed by atoms with E-state index >= 15 is 0 Å². The van der Waals surface area contributed by atoms with Crippen LogP contribution >= 0.6 is 12.2 Å². The molecule has 0 saturated heterocycles. The molecule has 17 heavy (non-hydrogen) atoms. The average molecular weight is 253 g/mol. The van der Waals surface area contributed by atoms with Crippen LogP contribution in [0.15, 0.2) is 18.2 Å². The molecule has 0 aliphatic heterocycles. The lowest BCUT2D eigenvalue weighted by molar-refractivity contribution is -0.124. The molecule has 3 N–H and O–H groups in total. The van der Waals surface area contributed by atoms with Crippen LogP contribution < -0.4 is 5.73 Å². The second-order valence-corrected chi connectivity index (χ2v) is 4.74. The number of fused-ring (bicyclic) bond motifs is 1. The van der Waals surface area contributed by atoms with Crippen molar-refractivity contribution in [1.29, 1.82) is 0 Å². The van der Waals surface area contributed by atoms with E-state index in [1.54, 1.807) is 24.5 Å². The molecule has 1 heterocycles. The number of imidazole rings is 1. The fourth-order valence-corrected chi connectivity index (χ4v) is 2.19. The highest BCUT2D eigenvalue weighted by Gasteiger charge is 2.29. The SMILES string of the molecule is CC(C)(C(N)=O)n1c(=S)[nH]c2cc(F)ccc21. The van der Waals surface area contributed by atoms with E-state index in [1.165, 1.54) is 12.1 Å². The average Bonchev–Trinajstić information content (AvgIpc) is 2.53. The lowest BCUT2D eigenvalue weighted by Gasteiger charge is -2.23. The zero-order chi connectivity index (χ0) is 12.8. The minimum Gasteiger partial charge on any atom is -0.368 e. The minimum absolute atomic E-state index is 0.342. The number of nitrogens with zero attached hydrogens (tertiary/aromatic N) is 1. The van der Waals surface area contributed by atoms with Gasteiger partial charge in [-0.1, -0.05) is 0 Å². The molecule has 0 aliphatic carbocycles. The third-order valence-corrected chi connectivity index (χ3v) is 3.09. The summed E-state index contributed by atoms with van der Waals surface area (Å²) in [5.74, 6) is -0.864. The van der Waals surface area contributed by atoms with Crippen molar-refractivity contribution in [3.63, 3.8) is 0 Å². The Morgan fingerprint density at radius 1 is 1.53 bits per heavy atom. The van der Waals surface area contributed by atoms with Crippen molar-refractivity contribution in [3.8, 4) is 0 Å². The van der Waals surface area contributed by atoms with Crippen molar-refractivity contribution in [2.75, 3.05) is 0 Å². The lowest BCUT2D eigenvalue weighted by Crippen LogP contribution is -2.41. The molecule has 0 bridgehead atoms. The van der Waals surface area contributed by atoms with Gasteiger partial charge < -0.3 is 15.3 Å². The first-order valence-corrected chi connectivity index (χ1v) is 5.45.